The molecule has 4 aliphatic rings. The molecule has 6 heterocycles. The second kappa shape index (κ2) is 14.6. The lowest BCUT2D eigenvalue weighted by atomic mass is 9.91. The Morgan fingerprint density at radius 3 is 2.90 bits per heavy atom. The van der Waals surface area contributed by atoms with Crippen LogP contribution in [-0.4, -0.2) is 99.8 Å². The normalized spacial score (nSPS) is 24.7. The van der Waals surface area contributed by atoms with Crippen LogP contribution >= 0.6 is 0 Å². The van der Waals surface area contributed by atoms with Crippen LogP contribution in [-0.2, 0) is 24.3 Å². The number of carbonyl (C=O) groups is 1. The maximum absolute atomic E-state index is 15.0. The average Bonchev–Trinajstić information content (AvgIpc) is 3.72. The summed E-state index contributed by atoms with van der Waals surface area (Å²) in [6.07, 6.45) is 11.4. The highest BCUT2D eigenvalue weighted by atomic mass is 19.1. The number of ether oxygens (including phenoxy) is 2. The van der Waals surface area contributed by atoms with Crippen LogP contribution in [0.25, 0.3) is 0 Å². The number of aromatic nitrogens is 3. The van der Waals surface area contributed by atoms with Gasteiger partial charge in [-0.25, -0.2) is 8.78 Å². The number of likely N-dealkylation sites (N-methyl/N-ethyl adjacent to an activating group) is 1. The Morgan fingerprint density at radius 2 is 2.12 bits per heavy atom. The molecule has 2 saturated heterocycles. The minimum absolute atomic E-state index is 0.0189. The summed E-state index contributed by atoms with van der Waals surface area (Å²) in [5.74, 6) is 3.42. The Bertz CT molecular complexity index is 1820. The molecule has 3 aromatic rings. The lowest BCUT2D eigenvalue weighted by Gasteiger charge is -2.39. The Kier molecular flexibility index (Phi) is 9.94. The molecule has 1 aromatic carbocycles. The molecule has 1 amide bonds. The van der Waals surface area contributed by atoms with Crippen LogP contribution in [0.2, 0.25) is 0 Å². The standard InChI is InChI=1S/C39H45F2N7O3/c1-5-29-31(41)12-13-34-36(29)33(15-19-50-34)46-18-14-30-32(24-46)43-38(44-37(30)45(4)23-28-11-9-17-48(28)35(49)6-2)51-25-39(3)20-26(40)21-47(39)22-27-10-7-8-16-42-27/h1,6-8,10,12-13,16,26,28,33H,2,9,11,14-15,17-25H2,3-4H3/t26-,28+,33+,39+/m1/s1. The SMILES string of the molecule is C#Cc1c(F)ccc2c1[C@@H](N1CCc3c(nc(OC[C@]4(C)C[C@@H](F)CN4Cc4ccccn4)nc3N(C)C[C@@H]3CCCN3C(=O)C=C)C1)CCO2. The molecule has 2 fully saturated rings. The van der Waals surface area contributed by atoms with E-state index in [0.717, 1.165) is 35.6 Å². The number of likely N-dealkylation sites (tertiary alicyclic amines) is 2. The topological polar surface area (TPSA) is 87.2 Å². The number of hydrogen-bond acceptors (Lipinski definition) is 9. The lowest BCUT2D eigenvalue weighted by molar-refractivity contribution is -0.126. The van der Waals surface area contributed by atoms with E-state index in [1.165, 1.54) is 12.1 Å². The molecule has 10 nitrogen and oxygen atoms in total. The van der Waals surface area contributed by atoms with E-state index in [0.29, 0.717) is 76.5 Å². The van der Waals surface area contributed by atoms with Gasteiger partial charge in [-0.05, 0) is 56.5 Å². The van der Waals surface area contributed by atoms with Crippen molar-refractivity contribution in [3.8, 4) is 24.1 Å². The van der Waals surface area contributed by atoms with Gasteiger partial charge in [0.2, 0.25) is 5.91 Å². The number of pyridine rings is 1. The first-order valence-corrected chi connectivity index (χ1v) is 17.8. The number of amides is 1. The summed E-state index contributed by atoms with van der Waals surface area (Å²) in [6.45, 7) is 9.63. The minimum Gasteiger partial charge on any atom is -0.493 e. The summed E-state index contributed by atoms with van der Waals surface area (Å²) in [5, 5.41) is 0. The third-order valence-corrected chi connectivity index (χ3v) is 10.9. The van der Waals surface area contributed by atoms with Crippen molar-refractivity contribution in [3.05, 3.63) is 83.1 Å². The van der Waals surface area contributed by atoms with Crippen LogP contribution in [0.5, 0.6) is 11.8 Å². The van der Waals surface area contributed by atoms with Crippen molar-refractivity contribution in [3.63, 3.8) is 0 Å². The van der Waals surface area contributed by atoms with Crippen LogP contribution in [0, 0.1) is 18.2 Å². The molecule has 268 valence electrons. The quantitative estimate of drug-likeness (QED) is 0.218. The number of anilines is 1. The summed E-state index contributed by atoms with van der Waals surface area (Å²) in [4.78, 5) is 35.4. The third-order valence-electron chi connectivity index (χ3n) is 10.9. The smallest absolute Gasteiger partial charge is 0.318 e. The molecule has 7 rings (SSSR count). The number of halogens is 2. The van der Waals surface area contributed by atoms with E-state index in [4.69, 9.17) is 25.9 Å². The zero-order valence-corrected chi connectivity index (χ0v) is 29.4. The second-order valence-electron chi connectivity index (χ2n) is 14.3. The predicted molar refractivity (Wildman–Crippen MR) is 190 cm³/mol. The van der Waals surface area contributed by atoms with Gasteiger partial charge in [-0.15, -0.1) is 6.42 Å². The average molecular weight is 698 g/mol. The van der Waals surface area contributed by atoms with Crippen molar-refractivity contribution in [2.75, 3.05) is 51.3 Å². The van der Waals surface area contributed by atoms with Crippen LogP contribution in [0.15, 0.2) is 49.2 Å². The van der Waals surface area contributed by atoms with E-state index in [-0.39, 0.29) is 36.2 Å². The van der Waals surface area contributed by atoms with Crippen LogP contribution in [0.1, 0.15) is 66.7 Å². The summed E-state index contributed by atoms with van der Waals surface area (Å²) in [7, 11) is 1.99. The van der Waals surface area contributed by atoms with Crippen molar-refractivity contribution in [1.82, 2.24) is 29.7 Å². The molecule has 0 saturated carbocycles. The van der Waals surface area contributed by atoms with Gasteiger partial charge in [-0.2, -0.15) is 9.97 Å². The van der Waals surface area contributed by atoms with Crippen LogP contribution in [0.4, 0.5) is 14.6 Å². The number of fused-ring (bicyclic) bond motifs is 2. The highest BCUT2D eigenvalue weighted by Crippen LogP contribution is 2.42. The van der Waals surface area contributed by atoms with Crippen molar-refractivity contribution in [1.29, 1.82) is 0 Å². The summed E-state index contributed by atoms with van der Waals surface area (Å²) >= 11 is 0. The number of alkyl halides is 1. The number of nitrogens with zero attached hydrogens (tertiary/aromatic N) is 7. The fourth-order valence-corrected chi connectivity index (χ4v) is 8.30. The van der Waals surface area contributed by atoms with Gasteiger partial charge in [-0.1, -0.05) is 18.6 Å². The highest BCUT2D eigenvalue weighted by Gasteiger charge is 2.43. The molecule has 0 radical (unpaired) electrons. The molecule has 0 unspecified atom stereocenters. The molecule has 4 aliphatic heterocycles. The number of rotatable bonds is 10. The van der Waals surface area contributed by atoms with Crippen molar-refractivity contribution < 1.29 is 23.0 Å². The van der Waals surface area contributed by atoms with E-state index in [9.17, 15) is 13.6 Å². The van der Waals surface area contributed by atoms with E-state index in [1.54, 1.807) is 12.3 Å². The van der Waals surface area contributed by atoms with Gasteiger partial charge >= 0.3 is 6.01 Å². The van der Waals surface area contributed by atoms with Gasteiger partial charge in [0.15, 0.2) is 0 Å². The maximum Gasteiger partial charge on any atom is 0.318 e. The first-order valence-electron chi connectivity index (χ1n) is 17.8. The van der Waals surface area contributed by atoms with Gasteiger partial charge in [0, 0.05) is 88.6 Å². The molecule has 4 atom stereocenters. The monoisotopic (exact) mass is 697 g/mol. The molecule has 2 aromatic heterocycles. The van der Waals surface area contributed by atoms with Gasteiger partial charge in [0.05, 0.1) is 29.1 Å². The maximum atomic E-state index is 15.0. The van der Waals surface area contributed by atoms with Gasteiger partial charge in [0.1, 0.15) is 30.2 Å². The fraction of sp³-hybridized carbons (Fsp3) is 0.487. The van der Waals surface area contributed by atoms with Crippen molar-refractivity contribution in [2.45, 2.75) is 75.9 Å². The van der Waals surface area contributed by atoms with E-state index in [2.05, 4.69) is 32.2 Å². The zero-order chi connectivity index (χ0) is 35.7. The van der Waals surface area contributed by atoms with Crippen molar-refractivity contribution in [2.24, 2.45) is 0 Å². The molecular weight excluding hydrogens is 652 g/mol. The predicted octanol–water partition coefficient (Wildman–Crippen LogP) is 4.87. The molecule has 0 spiro atoms. The van der Waals surface area contributed by atoms with Gasteiger partial charge < -0.3 is 19.3 Å². The Balaban J connectivity index is 1.19. The molecule has 0 N–H and O–H groups in total. The molecule has 0 bridgehead atoms. The highest BCUT2D eigenvalue weighted by molar-refractivity contribution is 5.87. The zero-order valence-electron chi connectivity index (χ0n) is 29.4. The van der Waals surface area contributed by atoms with Crippen LogP contribution < -0.4 is 14.4 Å². The Hall–Kier alpha value is -4.60. The Labute approximate surface area is 298 Å². The fourth-order valence-electron chi connectivity index (χ4n) is 8.30. The summed E-state index contributed by atoms with van der Waals surface area (Å²) in [5.41, 5.74) is 3.02. The Morgan fingerprint density at radius 1 is 1.25 bits per heavy atom. The number of hydrogen-bond donors (Lipinski definition) is 0. The van der Waals surface area contributed by atoms with E-state index in [1.807, 2.05) is 37.1 Å². The van der Waals surface area contributed by atoms with Gasteiger partial charge in [0.25, 0.3) is 0 Å². The molecule has 51 heavy (non-hydrogen) atoms. The third kappa shape index (κ3) is 7.02. The largest absolute Gasteiger partial charge is 0.493 e. The van der Waals surface area contributed by atoms with E-state index >= 15 is 0 Å². The first kappa shape index (κ1) is 34.8. The lowest BCUT2D eigenvalue weighted by Crippen LogP contribution is -2.46. The summed E-state index contributed by atoms with van der Waals surface area (Å²) < 4.78 is 42.2. The first-order chi connectivity index (χ1) is 24.7. The molecule has 0 aliphatic carbocycles. The van der Waals surface area contributed by atoms with E-state index < -0.39 is 17.5 Å². The van der Waals surface area contributed by atoms with Gasteiger partial charge in [-0.3, -0.25) is 19.6 Å². The number of carbonyl (C=O) groups excluding carboxylic acids is 1. The molecule has 12 heteroatoms. The minimum atomic E-state index is -0.991. The molecular formula is C39H45F2N7O3. The number of terminal acetylenes is 1. The van der Waals surface area contributed by atoms with Crippen LogP contribution in [0.3, 0.4) is 0 Å². The van der Waals surface area contributed by atoms with Crippen molar-refractivity contribution >= 4 is 11.7 Å². The second-order valence-corrected chi connectivity index (χ2v) is 14.3. The summed E-state index contributed by atoms with van der Waals surface area (Å²) in [6, 6.07) is 8.84. The number of benzene rings is 1.